The minimum Gasteiger partial charge on any atom is -0.393 e. The van der Waals surface area contributed by atoms with Crippen molar-refractivity contribution in [2.24, 2.45) is 17.8 Å². The van der Waals surface area contributed by atoms with E-state index in [-0.39, 0.29) is 11.6 Å². The molecular formula is C19H28NO+. The second-order valence-electron chi connectivity index (χ2n) is 7.55. The summed E-state index contributed by atoms with van der Waals surface area (Å²) in [5.74, 6) is 1.50. The van der Waals surface area contributed by atoms with Gasteiger partial charge in [0.05, 0.1) is 6.10 Å². The number of aliphatic hydroxyl groups is 1. The maximum atomic E-state index is 10.4. The lowest BCUT2D eigenvalue weighted by Gasteiger charge is -2.25. The van der Waals surface area contributed by atoms with Crippen LogP contribution in [0.4, 0.5) is 0 Å². The highest BCUT2D eigenvalue weighted by Crippen LogP contribution is 2.37. The van der Waals surface area contributed by atoms with E-state index in [1.165, 1.54) is 16.9 Å². The lowest BCUT2D eigenvalue weighted by molar-refractivity contribution is -0.554. The molecule has 0 saturated heterocycles. The molecule has 2 N–H and O–H groups in total. The standard InChI is InChI=1S/C19H27NO/c1-5-18(21)16-8-12(2)19(3,4)20-17(11-16)14-7-6-13-9-15(13)10-14/h6-7,9-10,12-13,16,18,21H,5,8,11H2,1-4H3/p+1/t12-,13?,16?,18-/m0/s1. The first-order valence-electron chi connectivity index (χ1n) is 8.34. The molecule has 1 heterocycles. The topological polar surface area (TPSA) is 34.2 Å². The Balaban J connectivity index is 1.91. The molecule has 2 unspecified atom stereocenters. The number of hydrogen-bond donors (Lipinski definition) is 2. The molecule has 4 atom stereocenters. The molecule has 2 nitrogen and oxygen atoms in total. The average molecular weight is 286 g/mol. The predicted molar refractivity (Wildman–Crippen MR) is 87.0 cm³/mol. The van der Waals surface area contributed by atoms with Crippen molar-refractivity contribution in [2.75, 3.05) is 0 Å². The van der Waals surface area contributed by atoms with Crippen LogP contribution in [0.15, 0.2) is 35.5 Å². The Morgan fingerprint density at radius 3 is 2.86 bits per heavy atom. The van der Waals surface area contributed by atoms with Crippen molar-refractivity contribution in [1.29, 1.82) is 0 Å². The van der Waals surface area contributed by atoms with E-state index in [1.54, 1.807) is 0 Å². The minimum atomic E-state index is -0.195. The van der Waals surface area contributed by atoms with Gasteiger partial charge in [-0.2, -0.15) is 0 Å². The molecule has 2 aliphatic carbocycles. The van der Waals surface area contributed by atoms with Gasteiger partial charge in [-0.25, -0.2) is 4.99 Å². The normalized spacial score (nSPS) is 35.1. The molecule has 3 rings (SSSR count). The maximum absolute atomic E-state index is 10.4. The summed E-state index contributed by atoms with van der Waals surface area (Å²) >= 11 is 0. The quantitative estimate of drug-likeness (QED) is 0.819. The number of allylic oxidation sites excluding steroid dienone is 6. The van der Waals surface area contributed by atoms with E-state index in [1.807, 2.05) is 0 Å². The Bertz CT molecular complexity index is 550. The van der Waals surface area contributed by atoms with Crippen molar-refractivity contribution in [3.8, 4) is 0 Å². The molecular weight excluding hydrogens is 258 g/mol. The summed E-state index contributed by atoms with van der Waals surface area (Å²) in [6, 6.07) is 0. The summed E-state index contributed by atoms with van der Waals surface area (Å²) < 4.78 is 0. The first kappa shape index (κ1) is 14.8. The molecule has 0 radical (unpaired) electrons. The Labute approximate surface area is 128 Å². The molecule has 0 bridgehead atoms. The van der Waals surface area contributed by atoms with Crippen LogP contribution in [0.3, 0.4) is 0 Å². The van der Waals surface area contributed by atoms with Crippen LogP contribution in [0.2, 0.25) is 0 Å². The number of nitrogens with one attached hydrogen (secondary N) is 1. The molecule has 0 amide bonds. The fourth-order valence-electron chi connectivity index (χ4n) is 3.57. The lowest BCUT2D eigenvalue weighted by Crippen LogP contribution is -2.87. The van der Waals surface area contributed by atoms with Gasteiger partial charge in [0.15, 0.2) is 11.3 Å². The highest BCUT2D eigenvalue weighted by atomic mass is 16.3. The van der Waals surface area contributed by atoms with Gasteiger partial charge in [-0.05, 0) is 30.4 Å². The molecule has 0 fully saturated rings. The zero-order chi connectivity index (χ0) is 15.2. The van der Waals surface area contributed by atoms with Gasteiger partial charge in [-0.1, -0.05) is 32.1 Å². The maximum Gasteiger partial charge on any atom is 0.182 e. The molecule has 21 heavy (non-hydrogen) atoms. The molecule has 0 saturated carbocycles. The Morgan fingerprint density at radius 1 is 1.43 bits per heavy atom. The monoisotopic (exact) mass is 286 g/mol. The first-order chi connectivity index (χ1) is 9.90. The Morgan fingerprint density at radius 2 is 2.19 bits per heavy atom. The van der Waals surface area contributed by atoms with Crippen molar-refractivity contribution in [3.05, 3.63) is 35.5 Å². The van der Waals surface area contributed by atoms with Gasteiger partial charge in [0, 0.05) is 37.7 Å². The molecule has 1 aliphatic heterocycles. The molecule has 114 valence electrons. The van der Waals surface area contributed by atoms with Crippen LogP contribution >= 0.6 is 0 Å². The largest absolute Gasteiger partial charge is 0.393 e. The van der Waals surface area contributed by atoms with Crippen LogP contribution in [0.25, 0.3) is 0 Å². The van der Waals surface area contributed by atoms with Crippen LogP contribution in [-0.4, -0.2) is 22.5 Å². The van der Waals surface area contributed by atoms with Crippen molar-refractivity contribution in [2.45, 2.75) is 58.6 Å². The van der Waals surface area contributed by atoms with Crippen molar-refractivity contribution >= 4 is 5.71 Å². The fourth-order valence-corrected chi connectivity index (χ4v) is 3.57. The third kappa shape index (κ3) is 2.91. The zero-order valence-corrected chi connectivity index (χ0v) is 13.7. The first-order valence-corrected chi connectivity index (χ1v) is 8.34. The lowest BCUT2D eigenvalue weighted by atomic mass is 9.80. The van der Waals surface area contributed by atoms with Crippen molar-refractivity contribution in [1.82, 2.24) is 0 Å². The molecule has 0 aromatic heterocycles. The van der Waals surface area contributed by atoms with Crippen molar-refractivity contribution < 1.29 is 10.1 Å². The summed E-state index contributed by atoms with van der Waals surface area (Å²) in [5.41, 5.74) is 4.14. The number of hydrogen-bond acceptors (Lipinski definition) is 1. The highest BCUT2D eigenvalue weighted by Gasteiger charge is 2.40. The van der Waals surface area contributed by atoms with Gasteiger partial charge in [-0.15, -0.1) is 0 Å². The Kier molecular flexibility index (Phi) is 3.69. The van der Waals surface area contributed by atoms with E-state index in [0.717, 1.165) is 19.3 Å². The second-order valence-corrected chi connectivity index (χ2v) is 7.55. The van der Waals surface area contributed by atoms with E-state index >= 15 is 0 Å². The van der Waals surface area contributed by atoms with Crippen LogP contribution in [0.1, 0.15) is 47.0 Å². The van der Waals surface area contributed by atoms with Crippen LogP contribution in [-0.2, 0) is 0 Å². The number of aliphatic hydroxyl groups excluding tert-OH is 1. The van der Waals surface area contributed by atoms with E-state index in [4.69, 9.17) is 0 Å². The van der Waals surface area contributed by atoms with Crippen molar-refractivity contribution in [3.63, 3.8) is 0 Å². The van der Waals surface area contributed by atoms with Gasteiger partial charge in [0.25, 0.3) is 0 Å². The molecule has 0 aromatic rings. The predicted octanol–water partition coefficient (Wildman–Crippen LogP) is 2.16. The van der Waals surface area contributed by atoms with Gasteiger partial charge < -0.3 is 5.11 Å². The molecule has 0 aromatic carbocycles. The number of rotatable bonds is 3. The third-order valence-electron chi connectivity index (χ3n) is 5.59. The molecule has 3 aliphatic rings. The Hall–Kier alpha value is -1.15. The SMILES string of the molecule is CC[C@H](O)C1CC(C2=CC3=CC3C=C2)=[NH+]C(C)(C)[C@@H](C)C1. The average Bonchev–Trinajstić information content (AvgIpc) is 3.22. The summed E-state index contributed by atoms with van der Waals surface area (Å²) in [5, 5.41) is 10.4. The van der Waals surface area contributed by atoms with Crippen LogP contribution < -0.4 is 4.99 Å². The minimum absolute atomic E-state index is 0.0704. The summed E-state index contributed by atoms with van der Waals surface area (Å²) in [7, 11) is 0. The van der Waals surface area contributed by atoms with Crippen LogP contribution in [0.5, 0.6) is 0 Å². The summed E-state index contributed by atoms with van der Waals surface area (Å²) in [6.07, 6.45) is 11.8. The van der Waals surface area contributed by atoms with Gasteiger partial charge in [0.2, 0.25) is 0 Å². The van der Waals surface area contributed by atoms with Gasteiger partial charge >= 0.3 is 0 Å². The second kappa shape index (κ2) is 5.24. The fraction of sp³-hybridized carbons (Fsp3) is 0.632. The highest BCUT2D eigenvalue weighted by molar-refractivity contribution is 6.00. The molecule has 0 spiro atoms. The number of fused-ring (bicyclic) bond motifs is 1. The summed E-state index contributed by atoms with van der Waals surface area (Å²) in [6.45, 7) is 8.95. The van der Waals surface area contributed by atoms with E-state index < -0.39 is 0 Å². The third-order valence-corrected chi connectivity index (χ3v) is 5.59. The summed E-state index contributed by atoms with van der Waals surface area (Å²) in [4.78, 5) is 3.78. The smallest absolute Gasteiger partial charge is 0.182 e. The van der Waals surface area contributed by atoms with Gasteiger partial charge in [0.1, 0.15) is 0 Å². The van der Waals surface area contributed by atoms with Gasteiger partial charge in [-0.3, -0.25) is 0 Å². The van der Waals surface area contributed by atoms with Crippen LogP contribution in [0, 0.1) is 17.8 Å². The van der Waals surface area contributed by atoms with E-state index in [2.05, 4.69) is 57.0 Å². The van der Waals surface area contributed by atoms with E-state index in [0.29, 0.717) is 17.8 Å². The molecule has 2 heteroatoms. The van der Waals surface area contributed by atoms with E-state index in [9.17, 15) is 5.11 Å². The zero-order valence-electron chi connectivity index (χ0n) is 13.7.